The Morgan fingerprint density at radius 2 is 1.96 bits per heavy atom. The number of carbonyl (C=O) groups excluding carboxylic acids is 3. The summed E-state index contributed by atoms with van der Waals surface area (Å²) in [6.07, 6.45) is 2.31. The summed E-state index contributed by atoms with van der Waals surface area (Å²) in [5.74, 6) is -0.0199. The monoisotopic (exact) mass is 348 g/mol. The molecule has 0 saturated carbocycles. The molecule has 8 nitrogen and oxygen atoms in total. The predicted octanol–water partition coefficient (Wildman–Crippen LogP) is 2.38. The highest BCUT2D eigenvalue weighted by molar-refractivity contribution is 5.97. The smallest absolute Gasteiger partial charge is 0.413 e. The summed E-state index contributed by atoms with van der Waals surface area (Å²) in [6, 6.07) is 2.75. The number of nitrogens with one attached hydrogen (secondary N) is 2. The van der Waals surface area contributed by atoms with Crippen molar-refractivity contribution in [3.05, 3.63) is 18.3 Å². The van der Waals surface area contributed by atoms with Gasteiger partial charge in [0.25, 0.3) is 0 Å². The number of hydrogen-bond acceptors (Lipinski definition) is 5. The van der Waals surface area contributed by atoms with Crippen LogP contribution < -0.4 is 10.6 Å². The SMILES string of the molecule is CC(=O)N1CCCC1C(=O)Nc1ccc(NC(=O)OC(C)(C)C)nc1. The summed E-state index contributed by atoms with van der Waals surface area (Å²) in [7, 11) is 0. The molecule has 1 atom stereocenters. The molecule has 0 aromatic carbocycles. The number of nitrogens with zero attached hydrogens (tertiary/aromatic N) is 2. The van der Waals surface area contributed by atoms with Crippen molar-refractivity contribution in [1.29, 1.82) is 0 Å². The second-order valence-electron chi connectivity index (χ2n) is 6.92. The Bertz CT molecular complexity index is 652. The minimum absolute atomic E-state index is 0.104. The Balaban J connectivity index is 1.93. The molecule has 2 heterocycles. The zero-order valence-corrected chi connectivity index (χ0v) is 15.0. The fourth-order valence-electron chi connectivity index (χ4n) is 2.59. The number of rotatable bonds is 3. The Labute approximate surface area is 146 Å². The van der Waals surface area contributed by atoms with E-state index in [0.717, 1.165) is 6.42 Å². The van der Waals surface area contributed by atoms with Crippen molar-refractivity contribution in [1.82, 2.24) is 9.88 Å². The molecule has 2 N–H and O–H groups in total. The van der Waals surface area contributed by atoms with E-state index in [4.69, 9.17) is 4.74 Å². The molecular weight excluding hydrogens is 324 g/mol. The average molecular weight is 348 g/mol. The summed E-state index contributed by atoms with van der Waals surface area (Å²) in [6.45, 7) is 7.37. The van der Waals surface area contributed by atoms with Crippen LogP contribution in [0.5, 0.6) is 0 Å². The van der Waals surface area contributed by atoms with Crippen LogP contribution in [0.1, 0.15) is 40.5 Å². The fraction of sp³-hybridized carbons (Fsp3) is 0.529. The van der Waals surface area contributed by atoms with Crippen LogP contribution in [0.4, 0.5) is 16.3 Å². The van der Waals surface area contributed by atoms with Crippen molar-refractivity contribution >= 4 is 29.4 Å². The molecule has 2 rings (SSSR count). The van der Waals surface area contributed by atoms with E-state index in [2.05, 4.69) is 15.6 Å². The van der Waals surface area contributed by atoms with Crippen LogP contribution in [0, 0.1) is 0 Å². The highest BCUT2D eigenvalue weighted by Gasteiger charge is 2.32. The maximum absolute atomic E-state index is 12.3. The average Bonchev–Trinajstić information content (AvgIpc) is 2.97. The molecular formula is C17H24N4O4. The first-order chi connectivity index (χ1) is 11.7. The molecule has 1 aromatic rings. The van der Waals surface area contributed by atoms with Gasteiger partial charge in [-0.25, -0.2) is 9.78 Å². The van der Waals surface area contributed by atoms with Gasteiger partial charge in [-0.15, -0.1) is 0 Å². The van der Waals surface area contributed by atoms with E-state index >= 15 is 0 Å². The normalized spacial score (nSPS) is 17.1. The van der Waals surface area contributed by atoms with Gasteiger partial charge in [-0.3, -0.25) is 14.9 Å². The lowest BCUT2D eigenvalue weighted by atomic mass is 10.2. The van der Waals surface area contributed by atoms with Crippen molar-refractivity contribution in [2.75, 3.05) is 17.2 Å². The van der Waals surface area contributed by atoms with Gasteiger partial charge in [0.15, 0.2) is 0 Å². The minimum Gasteiger partial charge on any atom is -0.444 e. The lowest BCUT2D eigenvalue weighted by Crippen LogP contribution is -2.42. The number of likely N-dealkylation sites (tertiary alicyclic amines) is 1. The number of ether oxygens (including phenoxy) is 1. The maximum Gasteiger partial charge on any atom is 0.413 e. The van der Waals surface area contributed by atoms with E-state index < -0.39 is 17.7 Å². The van der Waals surface area contributed by atoms with Gasteiger partial charge in [-0.2, -0.15) is 0 Å². The van der Waals surface area contributed by atoms with Crippen molar-refractivity contribution in [3.8, 4) is 0 Å². The van der Waals surface area contributed by atoms with E-state index in [1.807, 2.05) is 0 Å². The fourth-order valence-corrected chi connectivity index (χ4v) is 2.59. The van der Waals surface area contributed by atoms with Gasteiger partial charge in [-0.1, -0.05) is 0 Å². The first-order valence-corrected chi connectivity index (χ1v) is 8.20. The van der Waals surface area contributed by atoms with Crippen LogP contribution >= 0.6 is 0 Å². The molecule has 1 aliphatic rings. The number of carbonyl (C=O) groups is 3. The standard InChI is InChI=1S/C17H24N4O4/c1-11(22)21-9-5-6-13(21)15(23)19-12-7-8-14(18-10-12)20-16(24)25-17(2,3)4/h7-8,10,13H,5-6,9H2,1-4H3,(H,19,23)(H,18,20,24). The third kappa shape index (κ3) is 5.44. The Hall–Kier alpha value is -2.64. The molecule has 1 unspecified atom stereocenters. The van der Waals surface area contributed by atoms with Gasteiger partial charge < -0.3 is 15.0 Å². The quantitative estimate of drug-likeness (QED) is 0.873. The number of anilines is 2. The first kappa shape index (κ1) is 18.7. The summed E-state index contributed by atoms with van der Waals surface area (Å²) >= 11 is 0. The van der Waals surface area contributed by atoms with Crippen LogP contribution in [-0.2, 0) is 14.3 Å². The highest BCUT2D eigenvalue weighted by atomic mass is 16.6. The van der Waals surface area contributed by atoms with Crippen LogP contribution in [-0.4, -0.2) is 46.0 Å². The van der Waals surface area contributed by atoms with E-state index in [9.17, 15) is 14.4 Å². The second kappa shape index (κ2) is 7.50. The van der Waals surface area contributed by atoms with Crippen LogP contribution in [0.2, 0.25) is 0 Å². The van der Waals surface area contributed by atoms with Crippen LogP contribution in [0.15, 0.2) is 18.3 Å². The van der Waals surface area contributed by atoms with Crippen LogP contribution in [0.25, 0.3) is 0 Å². The molecule has 0 bridgehead atoms. The number of amides is 3. The summed E-state index contributed by atoms with van der Waals surface area (Å²) in [4.78, 5) is 41.2. The predicted molar refractivity (Wildman–Crippen MR) is 93.1 cm³/mol. The Kier molecular flexibility index (Phi) is 5.61. The molecule has 1 fully saturated rings. The van der Waals surface area contributed by atoms with E-state index in [-0.39, 0.29) is 11.8 Å². The van der Waals surface area contributed by atoms with Gasteiger partial charge >= 0.3 is 6.09 Å². The molecule has 25 heavy (non-hydrogen) atoms. The van der Waals surface area contributed by atoms with Crippen LogP contribution in [0.3, 0.4) is 0 Å². The van der Waals surface area contributed by atoms with E-state index in [0.29, 0.717) is 24.5 Å². The largest absolute Gasteiger partial charge is 0.444 e. The highest BCUT2D eigenvalue weighted by Crippen LogP contribution is 2.19. The van der Waals surface area contributed by atoms with Crippen molar-refractivity contribution in [2.45, 2.75) is 52.2 Å². The molecule has 1 aromatic heterocycles. The molecule has 8 heteroatoms. The van der Waals surface area contributed by atoms with Crippen molar-refractivity contribution < 1.29 is 19.1 Å². The zero-order chi connectivity index (χ0) is 18.6. The molecule has 0 aliphatic carbocycles. The lowest BCUT2D eigenvalue weighted by Gasteiger charge is -2.22. The molecule has 3 amide bonds. The van der Waals surface area contributed by atoms with Gasteiger partial charge in [0, 0.05) is 13.5 Å². The van der Waals surface area contributed by atoms with Gasteiger partial charge in [-0.05, 0) is 45.7 Å². The number of hydrogen-bond donors (Lipinski definition) is 2. The van der Waals surface area contributed by atoms with E-state index in [1.165, 1.54) is 13.1 Å². The Morgan fingerprint density at radius 1 is 1.24 bits per heavy atom. The topological polar surface area (TPSA) is 101 Å². The number of pyridine rings is 1. The zero-order valence-electron chi connectivity index (χ0n) is 15.0. The number of aromatic nitrogens is 1. The molecule has 0 radical (unpaired) electrons. The van der Waals surface area contributed by atoms with Crippen molar-refractivity contribution in [2.24, 2.45) is 0 Å². The summed E-state index contributed by atoms with van der Waals surface area (Å²) in [5.41, 5.74) is -0.0999. The lowest BCUT2D eigenvalue weighted by molar-refractivity contribution is -0.134. The van der Waals surface area contributed by atoms with Gasteiger partial charge in [0.1, 0.15) is 17.5 Å². The second-order valence-corrected chi connectivity index (χ2v) is 6.92. The molecule has 1 saturated heterocycles. The van der Waals surface area contributed by atoms with Gasteiger partial charge in [0.05, 0.1) is 11.9 Å². The third-order valence-corrected chi connectivity index (χ3v) is 3.62. The minimum atomic E-state index is -0.597. The van der Waals surface area contributed by atoms with E-state index in [1.54, 1.807) is 37.8 Å². The molecule has 0 spiro atoms. The Morgan fingerprint density at radius 3 is 2.52 bits per heavy atom. The van der Waals surface area contributed by atoms with Crippen molar-refractivity contribution in [3.63, 3.8) is 0 Å². The molecule has 136 valence electrons. The maximum atomic E-state index is 12.3. The first-order valence-electron chi connectivity index (χ1n) is 8.20. The van der Waals surface area contributed by atoms with Gasteiger partial charge in [0.2, 0.25) is 11.8 Å². The summed E-state index contributed by atoms with van der Waals surface area (Å²) in [5, 5.41) is 5.27. The molecule has 1 aliphatic heterocycles. The summed E-state index contributed by atoms with van der Waals surface area (Å²) < 4.78 is 5.14. The third-order valence-electron chi connectivity index (χ3n) is 3.62.